The van der Waals surface area contributed by atoms with Crippen molar-refractivity contribution in [3.63, 3.8) is 0 Å². The molecule has 15 heavy (non-hydrogen) atoms. The molecule has 0 bridgehead atoms. The van der Waals surface area contributed by atoms with Crippen LogP contribution in [0.4, 0.5) is 0 Å². The predicted molar refractivity (Wildman–Crippen MR) is 61.7 cm³/mol. The second kappa shape index (κ2) is 8.96. The molecule has 0 fully saturated rings. The fourth-order valence-electron chi connectivity index (χ4n) is 1.18. The van der Waals surface area contributed by atoms with Crippen molar-refractivity contribution in [3.8, 4) is 0 Å². The highest BCUT2D eigenvalue weighted by atomic mass is 32.2. The molecule has 0 saturated carbocycles. The van der Waals surface area contributed by atoms with Gasteiger partial charge in [0.2, 0.25) is 5.91 Å². The van der Waals surface area contributed by atoms with Crippen LogP contribution in [-0.2, 0) is 4.79 Å². The van der Waals surface area contributed by atoms with E-state index >= 15 is 0 Å². The molecule has 6 heteroatoms. The molecule has 0 radical (unpaired) electrons. The Balaban J connectivity index is 4.08. The summed E-state index contributed by atoms with van der Waals surface area (Å²) in [6.45, 7) is 0.237. The smallest absolute Gasteiger partial charge is 0.239 e. The van der Waals surface area contributed by atoms with Crippen LogP contribution < -0.4 is 5.73 Å². The van der Waals surface area contributed by atoms with Gasteiger partial charge < -0.3 is 20.8 Å². The Kier molecular flexibility index (Phi) is 8.79. The molecule has 0 aliphatic heterocycles. The first-order chi connectivity index (χ1) is 7.17. The molecule has 0 aliphatic rings. The lowest BCUT2D eigenvalue weighted by Crippen LogP contribution is -2.46. The molecule has 0 saturated heterocycles. The minimum atomic E-state index is -0.532. The molecule has 0 unspecified atom stereocenters. The number of hydrogen-bond acceptors (Lipinski definition) is 5. The standard InChI is InChI=1S/C9H20N2O3S/c1-15-7-2-8(10)9(14)11(3-5-12)4-6-13/h8,12-13H,2-7,10H2,1H3/t8-/m1/s1. The van der Waals surface area contributed by atoms with E-state index < -0.39 is 6.04 Å². The largest absolute Gasteiger partial charge is 0.395 e. The lowest BCUT2D eigenvalue weighted by molar-refractivity contribution is -0.133. The highest BCUT2D eigenvalue weighted by molar-refractivity contribution is 7.98. The molecular weight excluding hydrogens is 216 g/mol. The van der Waals surface area contributed by atoms with Gasteiger partial charge in [-0.3, -0.25) is 4.79 Å². The molecule has 4 N–H and O–H groups in total. The average Bonchev–Trinajstić information content (AvgIpc) is 2.24. The van der Waals surface area contributed by atoms with Crippen LogP contribution in [0.5, 0.6) is 0 Å². The Hall–Kier alpha value is -0.300. The van der Waals surface area contributed by atoms with Crippen molar-refractivity contribution in [2.45, 2.75) is 12.5 Å². The fourth-order valence-corrected chi connectivity index (χ4v) is 1.67. The van der Waals surface area contributed by atoms with Crippen molar-refractivity contribution in [2.75, 3.05) is 38.3 Å². The number of aliphatic hydroxyl groups excluding tert-OH is 2. The number of thioether (sulfide) groups is 1. The highest BCUT2D eigenvalue weighted by Crippen LogP contribution is 2.02. The van der Waals surface area contributed by atoms with E-state index in [0.717, 1.165) is 5.75 Å². The summed E-state index contributed by atoms with van der Waals surface area (Å²) in [7, 11) is 0. The molecule has 0 aromatic heterocycles. The number of hydrogen-bond donors (Lipinski definition) is 3. The quantitative estimate of drug-likeness (QED) is 0.497. The maximum absolute atomic E-state index is 11.7. The Labute approximate surface area is 94.6 Å². The van der Waals surface area contributed by atoms with E-state index in [4.69, 9.17) is 15.9 Å². The molecule has 0 rings (SSSR count). The van der Waals surface area contributed by atoms with Crippen LogP contribution >= 0.6 is 11.8 Å². The van der Waals surface area contributed by atoms with Crippen molar-refractivity contribution in [1.82, 2.24) is 4.90 Å². The van der Waals surface area contributed by atoms with Crippen LogP contribution in [0.3, 0.4) is 0 Å². The van der Waals surface area contributed by atoms with Crippen molar-refractivity contribution < 1.29 is 15.0 Å². The van der Waals surface area contributed by atoms with E-state index in [1.165, 1.54) is 4.90 Å². The van der Waals surface area contributed by atoms with Gasteiger partial charge in [0.1, 0.15) is 0 Å². The van der Waals surface area contributed by atoms with Gasteiger partial charge in [0, 0.05) is 13.1 Å². The molecule has 0 spiro atoms. The Morgan fingerprint density at radius 2 is 1.93 bits per heavy atom. The third-order valence-corrected chi connectivity index (χ3v) is 2.65. The molecule has 90 valence electrons. The molecular formula is C9H20N2O3S. The number of amides is 1. The summed E-state index contributed by atoms with van der Waals surface area (Å²) in [4.78, 5) is 13.1. The minimum absolute atomic E-state index is 0.110. The zero-order valence-electron chi connectivity index (χ0n) is 9.06. The predicted octanol–water partition coefficient (Wildman–Crippen LogP) is -1.12. The van der Waals surface area contributed by atoms with E-state index in [0.29, 0.717) is 6.42 Å². The molecule has 1 atom stereocenters. The lowest BCUT2D eigenvalue weighted by atomic mass is 10.2. The van der Waals surface area contributed by atoms with Gasteiger partial charge in [-0.25, -0.2) is 0 Å². The minimum Gasteiger partial charge on any atom is -0.395 e. The van der Waals surface area contributed by atoms with Crippen LogP contribution in [0.25, 0.3) is 0 Å². The average molecular weight is 236 g/mol. The van der Waals surface area contributed by atoms with E-state index in [9.17, 15) is 4.79 Å². The third kappa shape index (κ3) is 5.99. The molecule has 5 nitrogen and oxygen atoms in total. The van der Waals surface area contributed by atoms with Crippen molar-refractivity contribution >= 4 is 17.7 Å². The van der Waals surface area contributed by atoms with E-state index in [1.54, 1.807) is 11.8 Å². The van der Waals surface area contributed by atoms with Gasteiger partial charge in [-0.15, -0.1) is 0 Å². The molecule has 0 aromatic rings. The van der Waals surface area contributed by atoms with Gasteiger partial charge in [-0.05, 0) is 18.4 Å². The molecule has 0 heterocycles. The van der Waals surface area contributed by atoms with Crippen LogP contribution in [-0.4, -0.2) is 65.4 Å². The van der Waals surface area contributed by atoms with Crippen LogP contribution in [0.1, 0.15) is 6.42 Å². The first-order valence-electron chi connectivity index (χ1n) is 4.92. The topological polar surface area (TPSA) is 86.8 Å². The lowest BCUT2D eigenvalue weighted by Gasteiger charge is -2.24. The first-order valence-corrected chi connectivity index (χ1v) is 6.31. The monoisotopic (exact) mass is 236 g/mol. The number of aliphatic hydroxyl groups is 2. The normalized spacial score (nSPS) is 12.5. The van der Waals surface area contributed by atoms with E-state index in [2.05, 4.69) is 0 Å². The summed E-state index contributed by atoms with van der Waals surface area (Å²) >= 11 is 1.64. The van der Waals surface area contributed by atoms with E-state index in [-0.39, 0.29) is 32.2 Å². The van der Waals surface area contributed by atoms with Gasteiger partial charge in [-0.2, -0.15) is 11.8 Å². The van der Waals surface area contributed by atoms with Crippen LogP contribution in [0.2, 0.25) is 0 Å². The molecule has 1 amide bonds. The van der Waals surface area contributed by atoms with Crippen LogP contribution in [0, 0.1) is 0 Å². The maximum Gasteiger partial charge on any atom is 0.239 e. The van der Waals surface area contributed by atoms with E-state index in [1.807, 2.05) is 6.26 Å². The number of rotatable bonds is 8. The zero-order chi connectivity index (χ0) is 11.7. The van der Waals surface area contributed by atoms with Crippen molar-refractivity contribution in [1.29, 1.82) is 0 Å². The molecule has 0 aromatic carbocycles. The Bertz CT molecular complexity index is 175. The zero-order valence-corrected chi connectivity index (χ0v) is 9.87. The van der Waals surface area contributed by atoms with Gasteiger partial charge in [0.05, 0.1) is 19.3 Å². The SMILES string of the molecule is CSCC[C@@H](N)C(=O)N(CCO)CCO. The number of nitrogens with two attached hydrogens (primary N) is 1. The Morgan fingerprint density at radius 3 is 2.33 bits per heavy atom. The first kappa shape index (κ1) is 14.7. The highest BCUT2D eigenvalue weighted by Gasteiger charge is 2.19. The summed E-state index contributed by atoms with van der Waals surface area (Å²) in [6, 6.07) is -0.532. The van der Waals surface area contributed by atoms with Crippen molar-refractivity contribution in [2.24, 2.45) is 5.73 Å². The van der Waals surface area contributed by atoms with Crippen LogP contribution in [0.15, 0.2) is 0 Å². The second-order valence-corrected chi connectivity index (χ2v) is 4.15. The Morgan fingerprint density at radius 1 is 1.40 bits per heavy atom. The number of carbonyl (C=O) groups is 1. The second-order valence-electron chi connectivity index (χ2n) is 3.16. The maximum atomic E-state index is 11.7. The summed E-state index contributed by atoms with van der Waals surface area (Å²) in [5, 5.41) is 17.5. The molecule has 0 aliphatic carbocycles. The van der Waals surface area contributed by atoms with Crippen molar-refractivity contribution in [3.05, 3.63) is 0 Å². The summed E-state index contributed by atoms with van der Waals surface area (Å²) < 4.78 is 0. The summed E-state index contributed by atoms with van der Waals surface area (Å²) in [6.07, 6.45) is 2.57. The van der Waals surface area contributed by atoms with Gasteiger partial charge >= 0.3 is 0 Å². The summed E-state index contributed by atoms with van der Waals surface area (Å²) in [5.41, 5.74) is 5.70. The van der Waals surface area contributed by atoms with Gasteiger partial charge in [-0.1, -0.05) is 0 Å². The van der Waals surface area contributed by atoms with Gasteiger partial charge in [0.25, 0.3) is 0 Å². The third-order valence-electron chi connectivity index (χ3n) is 2.00. The number of carbonyl (C=O) groups excluding carboxylic acids is 1. The summed E-state index contributed by atoms with van der Waals surface area (Å²) in [5.74, 6) is 0.631. The fraction of sp³-hybridized carbons (Fsp3) is 0.889. The van der Waals surface area contributed by atoms with Gasteiger partial charge in [0.15, 0.2) is 0 Å². The number of nitrogens with zero attached hydrogens (tertiary/aromatic N) is 1.